The predicted molar refractivity (Wildman–Crippen MR) is 113 cm³/mol. The lowest BCUT2D eigenvalue weighted by molar-refractivity contribution is -0.140. The smallest absolute Gasteiger partial charge is 0.359 e. The highest BCUT2D eigenvalue weighted by Gasteiger charge is 2.38. The Hall–Kier alpha value is -2.75. The molecule has 1 aliphatic heterocycles. The molecule has 2 aromatic rings. The monoisotopic (exact) mass is 447 g/mol. The molecule has 166 valence electrons. The number of ether oxygens (including phenoxy) is 1. The highest BCUT2D eigenvalue weighted by atomic mass is 32.2. The summed E-state index contributed by atoms with van der Waals surface area (Å²) in [4.78, 5) is 39.2. The number of sulfone groups is 1. The Kier molecular flexibility index (Phi) is 6.08. The predicted octanol–water partition coefficient (Wildman–Crippen LogP) is 1.43. The van der Waals surface area contributed by atoms with Gasteiger partial charge in [-0.3, -0.25) is 9.59 Å². The number of nitrogens with zero attached hydrogens (tertiary/aromatic N) is 2. The van der Waals surface area contributed by atoms with E-state index in [1.54, 1.807) is 29.2 Å². The number of esters is 1. The zero-order valence-corrected chi connectivity index (χ0v) is 17.9. The van der Waals surface area contributed by atoms with E-state index in [1.807, 2.05) is 0 Å². The molecule has 0 radical (unpaired) electrons. The molecule has 1 saturated carbocycles. The molecule has 1 atom stereocenters. The van der Waals surface area contributed by atoms with Crippen LogP contribution in [0.15, 0.2) is 29.1 Å². The Morgan fingerprint density at radius 2 is 1.77 bits per heavy atom. The number of hydrogen-bond donors (Lipinski definition) is 1. The summed E-state index contributed by atoms with van der Waals surface area (Å²) >= 11 is 0. The van der Waals surface area contributed by atoms with Crippen molar-refractivity contribution in [2.45, 2.75) is 50.6 Å². The van der Waals surface area contributed by atoms with Crippen molar-refractivity contribution in [2.24, 2.45) is 0 Å². The lowest BCUT2D eigenvalue weighted by Gasteiger charge is -2.38. The number of benzene rings is 1. The summed E-state index contributed by atoms with van der Waals surface area (Å²) in [5, 5.41) is 6.71. The average Bonchev–Trinajstić information content (AvgIpc) is 3.12. The van der Waals surface area contributed by atoms with Gasteiger partial charge in [-0.15, -0.1) is 0 Å². The van der Waals surface area contributed by atoms with E-state index in [0.29, 0.717) is 17.2 Å². The van der Waals surface area contributed by atoms with Crippen molar-refractivity contribution in [3.63, 3.8) is 0 Å². The van der Waals surface area contributed by atoms with Crippen LogP contribution in [0.1, 0.15) is 49.0 Å². The molecule has 4 rings (SSSR count). The lowest BCUT2D eigenvalue weighted by Crippen LogP contribution is -2.50. The molecule has 0 spiro atoms. The Morgan fingerprint density at radius 3 is 2.45 bits per heavy atom. The van der Waals surface area contributed by atoms with Gasteiger partial charge in [0.15, 0.2) is 22.1 Å². The molecular weight excluding hydrogens is 422 g/mol. The van der Waals surface area contributed by atoms with E-state index in [1.165, 1.54) is 0 Å². The summed E-state index contributed by atoms with van der Waals surface area (Å²) < 4.78 is 29.2. The molecule has 0 bridgehead atoms. The maximum absolute atomic E-state index is 13.1. The number of carbonyl (C=O) groups is 2. The van der Waals surface area contributed by atoms with E-state index in [0.717, 1.165) is 32.1 Å². The number of hydrogen-bond acceptors (Lipinski definition) is 7. The summed E-state index contributed by atoms with van der Waals surface area (Å²) in [6.45, 7) is -0.499. The number of fused-ring (bicyclic) bond motifs is 1. The molecule has 1 aromatic heterocycles. The van der Waals surface area contributed by atoms with Crippen LogP contribution in [0.25, 0.3) is 10.8 Å². The Bertz CT molecular complexity index is 1150. The minimum atomic E-state index is -3.16. The first kappa shape index (κ1) is 21.5. The largest absolute Gasteiger partial charge is 0.451 e. The Balaban J connectivity index is 1.51. The number of carbonyl (C=O) groups excluding carboxylic acids is 2. The van der Waals surface area contributed by atoms with Crippen LogP contribution in [-0.4, -0.2) is 65.6 Å². The lowest BCUT2D eigenvalue weighted by atomic mass is 9.93. The van der Waals surface area contributed by atoms with E-state index < -0.39 is 33.9 Å². The highest BCUT2D eigenvalue weighted by molar-refractivity contribution is 7.91. The van der Waals surface area contributed by atoms with E-state index in [2.05, 4.69) is 10.2 Å². The number of H-pyrrole nitrogens is 1. The Morgan fingerprint density at radius 1 is 1.06 bits per heavy atom. The second kappa shape index (κ2) is 8.78. The minimum absolute atomic E-state index is 0.0368. The van der Waals surface area contributed by atoms with Gasteiger partial charge in [0.05, 0.1) is 16.9 Å². The van der Waals surface area contributed by atoms with Crippen LogP contribution in [0.4, 0.5) is 0 Å². The Labute approximate surface area is 179 Å². The van der Waals surface area contributed by atoms with Gasteiger partial charge in [-0.1, -0.05) is 37.5 Å². The van der Waals surface area contributed by atoms with Gasteiger partial charge in [0.25, 0.3) is 11.5 Å². The summed E-state index contributed by atoms with van der Waals surface area (Å²) in [6.07, 6.45) is 5.12. The molecule has 2 aliphatic rings. The summed E-state index contributed by atoms with van der Waals surface area (Å²) in [5.41, 5.74) is -0.496. The van der Waals surface area contributed by atoms with Crippen molar-refractivity contribution in [1.82, 2.24) is 15.1 Å². The van der Waals surface area contributed by atoms with Crippen molar-refractivity contribution in [2.75, 3.05) is 18.1 Å². The van der Waals surface area contributed by atoms with Crippen LogP contribution < -0.4 is 5.56 Å². The number of aromatic nitrogens is 2. The van der Waals surface area contributed by atoms with Crippen molar-refractivity contribution >= 4 is 32.5 Å². The number of rotatable bonds is 5. The van der Waals surface area contributed by atoms with Crippen LogP contribution >= 0.6 is 0 Å². The average molecular weight is 448 g/mol. The first-order valence-electron chi connectivity index (χ1n) is 10.5. The molecule has 1 N–H and O–H groups in total. The van der Waals surface area contributed by atoms with Gasteiger partial charge in [-0.25, -0.2) is 18.3 Å². The molecule has 1 aromatic carbocycles. The molecule has 9 nitrogen and oxygen atoms in total. The van der Waals surface area contributed by atoms with E-state index >= 15 is 0 Å². The topological polar surface area (TPSA) is 126 Å². The SMILES string of the molecule is O=C(OCC(=O)N(C1CCCCC1)C1CCS(=O)(=O)C1)c1n[nH]c(=O)c2ccccc12. The van der Waals surface area contributed by atoms with Crippen LogP contribution in [0.5, 0.6) is 0 Å². The zero-order valence-electron chi connectivity index (χ0n) is 17.1. The number of aromatic amines is 1. The van der Waals surface area contributed by atoms with Crippen molar-refractivity contribution in [3.05, 3.63) is 40.3 Å². The fourth-order valence-corrected chi connectivity index (χ4v) is 6.31. The maximum atomic E-state index is 13.1. The van der Waals surface area contributed by atoms with E-state index in [9.17, 15) is 22.8 Å². The molecule has 1 amide bonds. The van der Waals surface area contributed by atoms with E-state index in [-0.39, 0.29) is 29.3 Å². The number of amides is 1. The third kappa shape index (κ3) is 4.63. The third-order valence-corrected chi connectivity index (χ3v) is 7.82. The highest BCUT2D eigenvalue weighted by Crippen LogP contribution is 2.28. The van der Waals surface area contributed by atoms with Crippen LogP contribution in [-0.2, 0) is 19.4 Å². The van der Waals surface area contributed by atoms with Crippen molar-refractivity contribution < 1.29 is 22.7 Å². The summed E-state index contributed by atoms with van der Waals surface area (Å²) in [6, 6.07) is 6.10. The molecule has 1 aliphatic carbocycles. The normalized spacial score (nSPS) is 21.1. The second-order valence-corrected chi connectivity index (χ2v) is 10.4. The molecular formula is C21H25N3O6S. The van der Waals surface area contributed by atoms with Gasteiger partial charge in [-0.2, -0.15) is 5.10 Å². The second-order valence-electron chi connectivity index (χ2n) is 8.17. The van der Waals surface area contributed by atoms with Crippen LogP contribution in [0.2, 0.25) is 0 Å². The van der Waals surface area contributed by atoms with Crippen LogP contribution in [0.3, 0.4) is 0 Å². The molecule has 2 fully saturated rings. The van der Waals surface area contributed by atoms with Crippen LogP contribution in [0, 0.1) is 0 Å². The van der Waals surface area contributed by atoms with Gasteiger partial charge in [0.1, 0.15) is 0 Å². The molecule has 1 unspecified atom stereocenters. The fourth-order valence-electron chi connectivity index (χ4n) is 4.60. The molecule has 1 saturated heterocycles. The van der Waals surface area contributed by atoms with Gasteiger partial charge < -0.3 is 9.64 Å². The van der Waals surface area contributed by atoms with Gasteiger partial charge in [0, 0.05) is 17.5 Å². The summed E-state index contributed by atoms with van der Waals surface area (Å²) in [7, 11) is -3.16. The van der Waals surface area contributed by atoms with Crippen molar-refractivity contribution in [1.29, 1.82) is 0 Å². The first-order chi connectivity index (χ1) is 14.9. The van der Waals surface area contributed by atoms with Gasteiger partial charge >= 0.3 is 5.97 Å². The number of nitrogens with one attached hydrogen (secondary N) is 1. The van der Waals surface area contributed by atoms with Gasteiger partial charge in [0.2, 0.25) is 0 Å². The maximum Gasteiger partial charge on any atom is 0.359 e. The standard InChI is InChI=1S/C21H25N3O6S/c25-18(24(14-6-2-1-3-7-14)15-10-11-31(28,29)13-15)12-30-21(27)19-16-8-4-5-9-17(16)20(26)23-22-19/h4-5,8-9,14-15H,1-3,6-7,10-13H2,(H,23,26). The fraction of sp³-hybridized carbons (Fsp3) is 0.524. The first-order valence-corrected chi connectivity index (χ1v) is 12.3. The molecule has 31 heavy (non-hydrogen) atoms. The zero-order chi connectivity index (χ0) is 22.0. The van der Waals surface area contributed by atoms with E-state index in [4.69, 9.17) is 4.74 Å². The summed E-state index contributed by atoms with van der Waals surface area (Å²) in [5.74, 6) is -1.18. The molecule has 2 heterocycles. The van der Waals surface area contributed by atoms with Gasteiger partial charge in [-0.05, 0) is 25.3 Å². The molecule has 10 heteroatoms. The quantitative estimate of drug-likeness (QED) is 0.687. The van der Waals surface area contributed by atoms with Crippen molar-refractivity contribution in [3.8, 4) is 0 Å². The minimum Gasteiger partial charge on any atom is -0.451 e. The third-order valence-electron chi connectivity index (χ3n) is 6.07.